The van der Waals surface area contributed by atoms with Crippen molar-refractivity contribution in [2.24, 2.45) is 0 Å². The first-order valence-corrected chi connectivity index (χ1v) is 9.50. The van der Waals surface area contributed by atoms with E-state index in [0.717, 1.165) is 16.5 Å². The number of piperazine rings is 1. The number of hydrogen-bond donors (Lipinski definition) is 1. The molecule has 0 saturated carbocycles. The smallest absolute Gasteiger partial charge is 0.271 e. The van der Waals surface area contributed by atoms with E-state index in [1.807, 2.05) is 19.1 Å². The van der Waals surface area contributed by atoms with E-state index in [9.17, 15) is 14.0 Å². The summed E-state index contributed by atoms with van der Waals surface area (Å²) >= 11 is 6.07. The van der Waals surface area contributed by atoms with Crippen molar-refractivity contribution in [2.75, 3.05) is 11.4 Å². The minimum atomic E-state index is -0.563. The molecule has 0 spiro atoms. The average molecular weight is 398 g/mol. The molecule has 2 aliphatic rings. The molecule has 2 atom stereocenters. The van der Waals surface area contributed by atoms with Crippen molar-refractivity contribution >= 4 is 40.0 Å². The number of halogens is 2. The molecule has 2 aromatic carbocycles. The van der Waals surface area contributed by atoms with Crippen molar-refractivity contribution < 1.29 is 14.0 Å². The number of likely N-dealkylation sites (tertiary alicyclic amines) is 1. The summed E-state index contributed by atoms with van der Waals surface area (Å²) in [5.41, 5.74) is 2.39. The Labute approximate surface area is 165 Å². The van der Waals surface area contributed by atoms with Gasteiger partial charge in [-0.3, -0.25) is 9.59 Å². The maximum Gasteiger partial charge on any atom is 0.271 e. The number of amides is 2. The predicted molar refractivity (Wildman–Crippen MR) is 105 cm³/mol. The van der Waals surface area contributed by atoms with Crippen LogP contribution in [0.1, 0.15) is 22.5 Å². The second-order valence-electron chi connectivity index (χ2n) is 7.34. The minimum Gasteiger partial charge on any atom is -0.350 e. The van der Waals surface area contributed by atoms with Crippen LogP contribution < -0.4 is 4.90 Å². The Kier molecular flexibility index (Phi) is 3.74. The molecule has 3 aromatic rings. The van der Waals surface area contributed by atoms with Crippen molar-refractivity contribution in [1.82, 2.24) is 9.88 Å². The lowest BCUT2D eigenvalue weighted by Crippen LogP contribution is -2.52. The highest BCUT2D eigenvalue weighted by atomic mass is 35.5. The number of para-hydroxylation sites is 1. The zero-order valence-corrected chi connectivity index (χ0v) is 15.8. The van der Waals surface area contributed by atoms with Gasteiger partial charge in [0.05, 0.1) is 11.7 Å². The lowest BCUT2D eigenvalue weighted by Gasteiger charge is -2.34. The number of carbonyl (C=O) groups is 2. The molecule has 3 heterocycles. The number of hydrogen-bond acceptors (Lipinski definition) is 2. The van der Waals surface area contributed by atoms with Crippen molar-refractivity contribution in [3.05, 3.63) is 64.6 Å². The van der Waals surface area contributed by atoms with E-state index in [1.54, 1.807) is 29.2 Å². The lowest BCUT2D eigenvalue weighted by atomic mass is 10.1. The number of benzene rings is 2. The molecule has 2 saturated heterocycles. The molecule has 142 valence electrons. The van der Waals surface area contributed by atoms with Gasteiger partial charge in [-0.25, -0.2) is 4.39 Å². The van der Waals surface area contributed by atoms with Crippen LogP contribution in [0.15, 0.2) is 42.5 Å². The summed E-state index contributed by atoms with van der Waals surface area (Å²) < 4.78 is 14.2. The summed E-state index contributed by atoms with van der Waals surface area (Å²) in [4.78, 5) is 32.4. The third-order valence-electron chi connectivity index (χ3n) is 5.77. The number of rotatable bonds is 2. The van der Waals surface area contributed by atoms with Gasteiger partial charge in [0.25, 0.3) is 5.91 Å². The fourth-order valence-electron chi connectivity index (χ4n) is 4.42. The molecule has 1 aromatic heterocycles. The van der Waals surface area contributed by atoms with Crippen LogP contribution in [0.2, 0.25) is 5.02 Å². The van der Waals surface area contributed by atoms with Gasteiger partial charge < -0.3 is 14.8 Å². The first kappa shape index (κ1) is 17.3. The molecule has 7 heteroatoms. The zero-order chi connectivity index (χ0) is 19.6. The Bertz CT molecular complexity index is 1140. The van der Waals surface area contributed by atoms with Crippen molar-refractivity contribution in [1.29, 1.82) is 0 Å². The Morgan fingerprint density at radius 1 is 1.25 bits per heavy atom. The Hall–Kier alpha value is -2.86. The van der Waals surface area contributed by atoms with Crippen LogP contribution in [0.25, 0.3) is 10.9 Å². The van der Waals surface area contributed by atoms with Crippen molar-refractivity contribution in [2.45, 2.75) is 25.4 Å². The summed E-state index contributed by atoms with van der Waals surface area (Å²) in [5.74, 6) is -0.866. The number of aromatic nitrogens is 1. The molecule has 5 nitrogen and oxygen atoms in total. The van der Waals surface area contributed by atoms with E-state index in [4.69, 9.17) is 11.6 Å². The number of fused-ring (bicyclic) bond motifs is 3. The molecular weight excluding hydrogens is 381 g/mol. The molecule has 2 fully saturated rings. The number of aromatic amines is 1. The maximum atomic E-state index is 14.2. The Morgan fingerprint density at radius 2 is 2.04 bits per heavy atom. The van der Waals surface area contributed by atoms with Gasteiger partial charge in [0.2, 0.25) is 5.91 Å². The van der Waals surface area contributed by atoms with Crippen LogP contribution in [0.4, 0.5) is 10.1 Å². The fourth-order valence-corrected chi connectivity index (χ4v) is 4.59. The topological polar surface area (TPSA) is 56.4 Å². The number of anilines is 1. The quantitative estimate of drug-likeness (QED) is 0.713. The number of nitrogens with zero attached hydrogens (tertiary/aromatic N) is 2. The molecular formula is C21H17ClFN3O2. The first-order chi connectivity index (χ1) is 13.5. The first-order valence-electron chi connectivity index (χ1n) is 9.12. The van der Waals surface area contributed by atoms with Gasteiger partial charge in [-0.05, 0) is 49.2 Å². The van der Waals surface area contributed by atoms with Gasteiger partial charge in [0, 0.05) is 22.5 Å². The molecule has 0 radical (unpaired) electrons. The minimum absolute atomic E-state index is 0.209. The van der Waals surface area contributed by atoms with Crippen LogP contribution in [0.5, 0.6) is 0 Å². The molecule has 28 heavy (non-hydrogen) atoms. The Balaban J connectivity index is 1.46. The second-order valence-corrected chi connectivity index (χ2v) is 7.77. The van der Waals surface area contributed by atoms with Crippen LogP contribution in [-0.2, 0) is 4.79 Å². The van der Waals surface area contributed by atoms with E-state index < -0.39 is 11.9 Å². The molecule has 5 rings (SSSR count). The largest absolute Gasteiger partial charge is 0.350 e. The van der Waals surface area contributed by atoms with Gasteiger partial charge >= 0.3 is 0 Å². The maximum absolute atomic E-state index is 14.2. The van der Waals surface area contributed by atoms with Gasteiger partial charge in [0.1, 0.15) is 17.6 Å². The number of carbonyl (C=O) groups excluding carboxylic acids is 2. The summed E-state index contributed by atoms with van der Waals surface area (Å²) in [6.45, 7) is 2.25. The predicted octanol–water partition coefficient (Wildman–Crippen LogP) is 3.90. The van der Waals surface area contributed by atoms with Crippen molar-refractivity contribution in [3.63, 3.8) is 0 Å². The second kappa shape index (κ2) is 6.07. The van der Waals surface area contributed by atoms with Gasteiger partial charge in [0.15, 0.2) is 0 Å². The van der Waals surface area contributed by atoms with Gasteiger partial charge in [-0.1, -0.05) is 23.7 Å². The van der Waals surface area contributed by atoms with Crippen LogP contribution >= 0.6 is 11.6 Å². The monoisotopic (exact) mass is 397 g/mol. The van der Waals surface area contributed by atoms with Gasteiger partial charge in [-0.15, -0.1) is 0 Å². The summed E-state index contributed by atoms with van der Waals surface area (Å²) in [6, 6.07) is 10.9. The highest BCUT2D eigenvalue weighted by Gasteiger charge is 2.52. The molecule has 2 aliphatic heterocycles. The summed E-state index contributed by atoms with van der Waals surface area (Å²) in [7, 11) is 0. The third-order valence-corrected chi connectivity index (χ3v) is 6.01. The number of nitrogens with one attached hydrogen (secondary N) is 1. The average Bonchev–Trinajstić information content (AvgIpc) is 3.34. The van der Waals surface area contributed by atoms with E-state index in [1.165, 1.54) is 11.0 Å². The standard InChI is InChI=1S/C21H17ClFN3O2/c1-11-14-8-12(22)6-7-16(14)24-19(11)21(28)25-10-13-9-18(25)20(27)26(13)17-5-3-2-4-15(17)23/h2-8,13,18,24H,9-10H2,1H3/t13-,18-/m0/s1. The highest BCUT2D eigenvalue weighted by molar-refractivity contribution is 6.31. The molecule has 1 N–H and O–H groups in total. The summed E-state index contributed by atoms with van der Waals surface area (Å²) in [6.07, 6.45) is 0.518. The van der Waals surface area contributed by atoms with E-state index in [2.05, 4.69) is 4.98 Å². The Morgan fingerprint density at radius 3 is 2.79 bits per heavy atom. The summed E-state index contributed by atoms with van der Waals surface area (Å²) in [5, 5.41) is 1.49. The number of aryl methyl sites for hydroxylation is 1. The van der Waals surface area contributed by atoms with Crippen molar-refractivity contribution in [3.8, 4) is 0 Å². The highest BCUT2D eigenvalue weighted by Crippen LogP contribution is 2.38. The lowest BCUT2D eigenvalue weighted by molar-refractivity contribution is -0.121. The number of H-pyrrole nitrogens is 1. The van der Waals surface area contributed by atoms with Crippen LogP contribution in [-0.4, -0.2) is 40.3 Å². The van der Waals surface area contributed by atoms with E-state index in [0.29, 0.717) is 23.7 Å². The zero-order valence-electron chi connectivity index (χ0n) is 15.1. The van der Waals surface area contributed by atoms with E-state index in [-0.39, 0.29) is 23.5 Å². The fraction of sp³-hybridized carbons (Fsp3) is 0.238. The molecule has 2 amide bonds. The van der Waals surface area contributed by atoms with E-state index >= 15 is 0 Å². The van der Waals surface area contributed by atoms with Crippen LogP contribution in [0.3, 0.4) is 0 Å². The molecule has 2 bridgehead atoms. The molecule has 0 aliphatic carbocycles. The van der Waals surface area contributed by atoms with Gasteiger partial charge in [-0.2, -0.15) is 0 Å². The van der Waals surface area contributed by atoms with Crippen LogP contribution in [0, 0.1) is 12.7 Å². The third kappa shape index (κ3) is 2.37. The molecule has 0 unspecified atom stereocenters. The normalized spacial score (nSPS) is 21.2. The SMILES string of the molecule is Cc1c(C(=O)N2C[C@@H]3C[C@H]2C(=O)N3c2ccccc2F)[nH]c2ccc(Cl)cc12.